The van der Waals surface area contributed by atoms with Gasteiger partial charge in [-0.25, -0.2) is 0 Å². The quantitative estimate of drug-likeness (QED) is 0.801. The van der Waals surface area contributed by atoms with Crippen molar-refractivity contribution in [1.82, 2.24) is 4.90 Å². The molecule has 0 saturated carbocycles. The van der Waals surface area contributed by atoms with E-state index < -0.39 is 0 Å². The molecule has 0 amide bonds. The fourth-order valence-corrected chi connectivity index (χ4v) is 2.77. The van der Waals surface area contributed by atoms with Crippen LogP contribution in [0.1, 0.15) is 31.7 Å². The molecule has 1 saturated heterocycles. The Kier molecular flexibility index (Phi) is 5.67. The van der Waals surface area contributed by atoms with Gasteiger partial charge in [0, 0.05) is 25.2 Å². The predicted octanol–water partition coefficient (Wildman–Crippen LogP) is 2.65. The summed E-state index contributed by atoms with van der Waals surface area (Å²) in [5.74, 6) is 1.80. The van der Waals surface area contributed by atoms with Crippen LogP contribution >= 0.6 is 0 Å². The Morgan fingerprint density at radius 3 is 3.00 bits per heavy atom. The first-order chi connectivity index (χ1) is 9.29. The largest absolute Gasteiger partial charge is 0.493 e. The lowest BCUT2D eigenvalue weighted by atomic mass is 10.0. The molecule has 0 bridgehead atoms. The lowest BCUT2D eigenvalue weighted by Crippen LogP contribution is -2.35. The molecule has 2 rings (SSSR count). The number of rotatable bonds is 6. The van der Waals surface area contributed by atoms with Crippen LogP contribution in [0.4, 0.5) is 0 Å². The topological polar surface area (TPSA) is 38.5 Å². The number of nitrogens with zero attached hydrogens (tertiary/aromatic N) is 1. The van der Waals surface area contributed by atoms with Gasteiger partial charge in [0.15, 0.2) is 0 Å². The average Bonchev–Trinajstić information content (AvgIpc) is 2.44. The van der Waals surface area contributed by atoms with Crippen molar-refractivity contribution < 1.29 is 4.74 Å². The van der Waals surface area contributed by atoms with E-state index in [0.29, 0.717) is 6.54 Å². The van der Waals surface area contributed by atoms with Gasteiger partial charge in [0.25, 0.3) is 0 Å². The Balaban J connectivity index is 1.69. The minimum absolute atomic E-state index is 0.541. The Morgan fingerprint density at radius 2 is 2.21 bits per heavy atom. The van der Waals surface area contributed by atoms with Gasteiger partial charge in [-0.2, -0.15) is 0 Å². The van der Waals surface area contributed by atoms with Crippen molar-refractivity contribution in [3.63, 3.8) is 0 Å². The molecule has 2 N–H and O–H groups in total. The van der Waals surface area contributed by atoms with Gasteiger partial charge in [0.2, 0.25) is 0 Å². The maximum absolute atomic E-state index is 5.84. The van der Waals surface area contributed by atoms with Gasteiger partial charge in [-0.05, 0) is 37.8 Å². The van der Waals surface area contributed by atoms with Gasteiger partial charge in [0.05, 0.1) is 6.61 Å². The van der Waals surface area contributed by atoms with Crippen LogP contribution < -0.4 is 10.5 Å². The average molecular weight is 262 g/mol. The normalized spacial score (nSPS) is 20.4. The fraction of sp³-hybridized carbons (Fsp3) is 0.625. The van der Waals surface area contributed by atoms with Crippen LogP contribution in [0.15, 0.2) is 24.3 Å². The number of likely N-dealkylation sites (tertiary alicyclic amines) is 1. The smallest absolute Gasteiger partial charge is 0.123 e. The van der Waals surface area contributed by atoms with Crippen LogP contribution in [0.3, 0.4) is 0 Å². The summed E-state index contributed by atoms with van der Waals surface area (Å²) in [7, 11) is 0. The first kappa shape index (κ1) is 14.4. The summed E-state index contributed by atoms with van der Waals surface area (Å²) in [6.07, 6.45) is 3.82. The molecule has 0 aromatic heterocycles. The van der Waals surface area contributed by atoms with E-state index in [-0.39, 0.29) is 0 Å². The predicted molar refractivity (Wildman–Crippen MR) is 79.3 cm³/mol. The third kappa shape index (κ3) is 4.51. The summed E-state index contributed by atoms with van der Waals surface area (Å²) in [6, 6.07) is 8.04. The molecule has 0 aliphatic carbocycles. The van der Waals surface area contributed by atoms with E-state index in [1.54, 1.807) is 0 Å². The Morgan fingerprint density at radius 1 is 1.37 bits per heavy atom. The summed E-state index contributed by atoms with van der Waals surface area (Å²) in [6.45, 7) is 7.32. The minimum Gasteiger partial charge on any atom is -0.493 e. The molecule has 1 aromatic rings. The summed E-state index contributed by atoms with van der Waals surface area (Å²) in [4.78, 5) is 2.56. The van der Waals surface area contributed by atoms with E-state index in [2.05, 4.69) is 11.8 Å². The van der Waals surface area contributed by atoms with E-state index >= 15 is 0 Å². The van der Waals surface area contributed by atoms with Gasteiger partial charge < -0.3 is 15.4 Å². The molecule has 1 atom stereocenters. The van der Waals surface area contributed by atoms with Crippen LogP contribution in [0, 0.1) is 5.92 Å². The highest BCUT2D eigenvalue weighted by Gasteiger charge is 2.15. The standard InChI is InChI=1S/C16H26N2O/c1-14-6-4-9-18(13-14)10-5-11-19-16-8-3-2-7-15(16)12-17/h2-3,7-8,14H,4-6,9-13,17H2,1H3. The summed E-state index contributed by atoms with van der Waals surface area (Å²) in [5, 5.41) is 0. The highest BCUT2D eigenvalue weighted by Crippen LogP contribution is 2.18. The second-order valence-electron chi connectivity index (χ2n) is 5.56. The molecule has 0 radical (unpaired) electrons. The molecule has 3 nitrogen and oxygen atoms in total. The number of para-hydroxylation sites is 1. The van der Waals surface area contributed by atoms with E-state index in [9.17, 15) is 0 Å². The van der Waals surface area contributed by atoms with E-state index in [0.717, 1.165) is 36.8 Å². The molecule has 106 valence electrons. The first-order valence-corrected chi connectivity index (χ1v) is 7.42. The SMILES string of the molecule is CC1CCCN(CCCOc2ccccc2CN)C1. The second-order valence-corrected chi connectivity index (χ2v) is 5.56. The summed E-state index contributed by atoms with van der Waals surface area (Å²) >= 11 is 0. The molecular formula is C16H26N2O. The van der Waals surface area contributed by atoms with Crippen molar-refractivity contribution in [2.75, 3.05) is 26.2 Å². The van der Waals surface area contributed by atoms with E-state index in [1.807, 2.05) is 24.3 Å². The Labute approximate surface area is 116 Å². The van der Waals surface area contributed by atoms with Crippen molar-refractivity contribution in [3.05, 3.63) is 29.8 Å². The molecule has 1 aliphatic heterocycles. The molecule has 1 unspecified atom stereocenters. The van der Waals surface area contributed by atoms with E-state index in [1.165, 1.54) is 25.9 Å². The zero-order valence-corrected chi connectivity index (χ0v) is 12.0. The number of piperidine rings is 1. The van der Waals surface area contributed by atoms with Gasteiger partial charge >= 0.3 is 0 Å². The van der Waals surface area contributed by atoms with Gasteiger partial charge in [-0.1, -0.05) is 25.1 Å². The van der Waals surface area contributed by atoms with Gasteiger partial charge in [-0.3, -0.25) is 0 Å². The molecule has 1 fully saturated rings. The summed E-state index contributed by atoms with van der Waals surface area (Å²) in [5.41, 5.74) is 6.79. The number of nitrogens with two attached hydrogens (primary N) is 1. The third-order valence-electron chi connectivity index (χ3n) is 3.81. The lowest BCUT2D eigenvalue weighted by Gasteiger charge is -2.30. The first-order valence-electron chi connectivity index (χ1n) is 7.42. The molecule has 0 spiro atoms. The van der Waals surface area contributed by atoms with Crippen molar-refractivity contribution in [2.24, 2.45) is 11.7 Å². The number of hydrogen-bond acceptors (Lipinski definition) is 3. The number of hydrogen-bond donors (Lipinski definition) is 1. The second kappa shape index (κ2) is 7.51. The van der Waals surface area contributed by atoms with Crippen LogP contribution in [0.2, 0.25) is 0 Å². The van der Waals surface area contributed by atoms with Gasteiger partial charge in [0.1, 0.15) is 5.75 Å². The minimum atomic E-state index is 0.541. The maximum atomic E-state index is 5.84. The highest BCUT2D eigenvalue weighted by molar-refractivity contribution is 5.32. The highest BCUT2D eigenvalue weighted by atomic mass is 16.5. The maximum Gasteiger partial charge on any atom is 0.123 e. The van der Waals surface area contributed by atoms with Crippen LogP contribution in [0.25, 0.3) is 0 Å². The van der Waals surface area contributed by atoms with Crippen LogP contribution in [-0.4, -0.2) is 31.1 Å². The zero-order chi connectivity index (χ0) is 13.5. The molecule has 1 heterocycles. The van der Waals surface area contributed by atoms with Crippen LogP contribution in [-0.2, 0) is 6.54 Å². The van der Waals surface area contributed by atoms with Crippen molar-refractivity contribution in [1.29, 1.82) is 0 Å². The van der Waals surface area contributed by atoms with E-state index in [4.69, 9.17) is 10.5 Å². The number of ether oxygens (including phenoxy) is 1. The van der Waals surface area contributed by atoms with Crippen molar-refractivity contribution in [3.8, 4) is 5.75 Å². The molecular weight excluding hydrogens is 236 g/mol. The molecule has 19 heavy (non-hydrogen) atoms. The Bertz CT molecular complexity index is 381. The van der Waals surface area contributed by atoms with Crippen molar-refractivity contribution >= 4 is 0 Å². The van der Waals surface area contributed by atoms with Crippen molar-refractivity contribution in [2.45, 2.75) is 32.7 Å². The molecule has 1 aliphatic rings. The summed E-state index contributed by atoms with van der Waals surface area (Å²) < 4.78 is 5.84. The third-order valence-corrected chi connectivity index (χ3v) is 3.81. The zero-order valence-electron chi connectivity index (χ0n) is 12.0. The lowest BCUT2D eigenvalue weighted by molar-refractivity contribution is 0.170. The number of benzene rings is 1. The monoisotopic (exact) mass is 262 g/mol. The van der Waals surface area contributed by atoms with Crippen LogP contribution in [0.5, 0.6) is 5.75 Å². The Hall–Kier alpha value is -1.06. The molecule has 1 aromatic carbocycles. The molecule has 3 heteroatoms. The van der Waals surface area contributed by atoms with Gasteiger partial charge in [-0.15, -0.1) is 0 Å². The fourth-order valence-electron chi connectivity index (χ4n) is 2.77.